The van der Waals surface area contributed by atoms with Gasteiger partial charge in [-0.05, 0) is 24.6 Å². The van der Waals surface area contributed by atoms with Crippen LogP contribution in [0.15, 0.2) is 29.4 Å². The standard InChI is InChI=1S/C14H17FN4OS/c1-3-12-17-14(19-18-12)21-9(2)13(20)16-8-10-4-6-11(15)7-5-10/h4-7,9H,3,8H2,1-2H3,(H,16,20)(H,17,18,19)/t9-/m0/s1. The molecule has 0 unspecified atom stereocenters. The van der Waals surface area contributed by atoms with Crippen LogP contribution in [0.4, 0.5) is 4.39 Å². The van der Waals surface area contributed by atoms with E-state index >= 15 is 0 Å². The number of nitrogens with one attached hydrogen (secondary N) is 2. The highest BCUT2D eigenvalue weighted by Crippen LogP contribution is 2.19. The number of halogens is 1. The van der Waals surface area contributed by atoms with Crippen molar-refractivity contribution in [2.45, 2.75) is 37.2 Å². The summed E-state index contributed by atoms with van der Waals surface area (Å²) in [6.07, 6.45) is 0.776. The maximum absolute atomic E-state index is 12.8. The average molecular weight is 308 g/mol. The highest BCUT2D eigenvalue weighted by Gasteiger charge is 2.16. The lowest BCUT2D eigenvalue weighted by molar-refractivity contribution is -0.120. The Labute approximate surface area is 126 Å². The first-order chi connectivity index (χ1) is 10.1. The highest BCUT2D eigenvalue weighted by molar-refractivity contribution is 8.00. The molecule has 0 spiro atoms. The van der Waals surface area contributed by atoms with Crippen LogP contribution in [0.25, 0.3) is 0 Å². The van der Waals surface area contributed by atoms with E-state index in [0.717, 1.165) is 17.8 Å². The van der Waals surface area contributed by atoms with Crippen LogP contribution in [0.5, 0.6) is 0 Å². The number of rotatable bonds is 6. The van der Waals surface area contributed by atoms with Crippen LogP contribution < -0.4 is 5.32 Å². The first kappa shape index (κ1) is 15.5. The second-order valence-corrected chi connectivity index (χ2v) is 5.83. The van der Waals surface area contributed by atoms with Crippen LogP contribution >= 0.6 is 11.8 Å². The van der Waals surface area contributed by atoms with E-state index in [1.807, 2.05) is 6.92 Å². The normalized spacial score (nSPS) is 12.1. The van der Waals surface area contributed by atoms with E-state index in [2.05, 4.69) is 20.5 Å². The minimum Gasteiger partial charge on any atom is -0.351 e. The van der Waals surface area contributed by atoms with Crippen molar-refractivity contribution in [3.63, 3.8) is 0 Å². The van der Waals surface area contributed by atoms with Gasteiger partial charge < -0.3 is 5.32 Å². The van der Waals surface area contributed by atoms with Crippen molar-refractivity contribution in [3.05, 3.63) is 41.5 Å². The number of aromatic amines is 1. The van der Waals surface area contributed by atoms with Gasteiger partial charge in [0, 0.05) is 13.0 Å². The van der Waals surface area contributed by atoms with Crippen LogP contribution in [-0.2, 0) is 17.8 Å². The molecule has 0 aliphatic heterocycles. The van der Waals surface area contributed by atoms with Crippen LogP contribution in [0.2, 0.25) is 0 Å². The zero-order valence-corrected chi connectivity index (χ0v) is 12.7. The monoisotopic (exact) mass is 308 g/mol. The fraction of sp³-hybridized carbons (Fsp3) is 0.357. The molecule has 2 N–H and O–H groups in total. The largest absolute Gasteiger partial charge is 0.351 e. The summed E-state index contributed by atoms with van der Waals surface area (Å²) >= 11 is 1.30. The third-order valence-corrected chi connectivity index (χ3v) is 3.84. The number of aromatic nitrogens is 3. The van der Waals surface area contributed by atoms with Gasteiger partial charge in [0.15, 0.2) is 0 Å². The Morgan fingerprint density at radius 3 is 2.76 bits per heavy atom. The van der Waals surface area contributed by atoms with E-state index in [-0.39, 0.29) is 17.0 Å². The zero-order chi connectivity index (χ0) is 15.2. The SMILES string of the molecule is CCc1nc(S[C@@H](C)C(=O)NCc2ccc(F)cc2)n[nH]1. The summed E-state index contributed by atoms with van der Waals surface area (Å²) in [5, 5.41) is 9.93. The highest BCUT2D eigenvalue weighted by atomic mass is 32.2. The zero-order valence-electron chi connectivity index (χ0n) is 11.9. The second kappa shape index (κ2) is 7.21. The number of carbonyl (C=O) groups excluding carboxylic acids is 1. The molecule has 0 aliphatic carbocycles. The lowest BCUT2D eigenvalue weighted by Gasteiger charge is -2.10. The molecule has 2 aromatic rings. The van der Waals surface area contributed by atoms with Gasteiger partial charge in [0.25, 0.3) is 0 Å². The van der Waals surface area contributed by atoms with Gasteiger partial charge in [-0.15, -0.1) is 5.10 Å². The van der Waals surface area contributed by atoms with Crippen LogP contribution in [0, 0.1) is 5.82 Å². The number of benzene rings is 1. The Kier molecular flexibility index (Phi) is 5.32. The molecule has 1 aromatic heterocycles. The molecule has 0 radical (unpaired) electrons. The number of H-pyrrole nitrogens is 1. The predicted molar refractivity (Wildman–Crippen MR) is 79.3 cm³/mol. The molecular weight excluding hydrogens is 291 g/mol. The summed E-state index contributed by atoms with van der Waals surface area (Å²) in [4.78, 5) is 16.2. The van der Waals surface area contributed by atoms with Gasteiger partial charge in [-0.25, -0.2) is 9.37 Å². The van der Waals surface area contributed by atoms with Crippen molar-refractivity contribution < 1.29 is 9.18 Å². The van der Waals surface area contributed by atoms with Gasteiger partial charge >= 0.3 is 0 Å². The first-order valence-corrected chi connectivity index (χ1v) is 7.56. The summed E-state index contributed by atoms with van der Waals surface area (Å²) in [5.74, 6) is 0.411. The Bertz CT molecular complexity index is 599. The van der Waals surface area contributed by atoms with E-state index in [1.165, 1.54) is 23.9 Å². The van der Waals surface area contributed by atoms with Crippen LogP contribution in [-0.4, -0.2) is 26.3 Å². The summed E-state index contributed by atoms with van der Waals surface area (Å²) in [6.45, 7) is 4.15. The molecule has 112 valence electrons. The molecular formula is C14H17FN4OS. The Hall–Kier alpha value is -1.89. The Balaban J connectivity index is 1.83. The van der Waals surface area contributed by atoms with Gasteiger partial charge in [0.2, 0.25) is 11.1 Å². The number of thioether (sulfide) groups is 1. The molecule has 0 saturated carbocycles. The number of aryl methyl sites for hydroxylation is 1. The molecule has 1 heterocycles. The molecule has 2 rings (SSSR count). The fourth-order valence-electron chi connectivity index (χ4n) is 1.64. The molecule has 1 atom stereocenters. The van der Waals surface area contributed by atoms with Gasteiger partial charge in [-0.3, -0.25) is 9.89 Å². The average Bonchev–Trinajstić information content (AvgIpc) is 2.94. The van der Waals surface area contributed by atoms with E-state index in [9.17, 15) is 9.18 Å². The minimum absolute atomic E-state index is 0.104. The summed E-state index contributed by atoms with van der Waals surface area (Å²) in [6, 6.07) is 6.05. The summed E-state index contributed by atoms with van der Waals surface area (Å²) in [5.41, 5.74) is 0.855. The molecule has 7 heteroatoms. The van der Waals surface area contributed by atoms with E-state index < -0.39 is 0 Å². The Morgan fingerprint density at radius 1 is 1.43 bits per heavy atom. The number of nitrogens with zero attached hydrogens (tertiary/aromatic N) is 2. The van der Waals surface area contributed by atoms with Gasteiger partial charge in [0.1, 0.15) is 11.6 Å². The molecule has 5 nitrogen and oxygen atoms in total. The molecule has 21 heavy (non-hydrogen) atoms. The van der Waals surface area contributed by atoms with Crippen molar-refractivity contribution in [2.75, 3.05) is 0 Å². The van der Waals surface area contributed by atoms with Crippen molar-refractivity contribution in [3.8, 4) is 0 Å². The van der Waals surface area contributed by atoms with Gasteiger partial charge in [-0.2, -0.15) is 0 Å². The third kappa shape index (κ3) is 4.56. The van der Waals surface area contributed by atoms with Crippen molar-refractivity contribution in [2.24, 2.45) is 0 Å². The number of amides is 1. The molecule has 0 saturated heterocycles. The molecule has 0 bridgehead atoms. The third-order valence-electron chi connectivity index (χ3n) is 2.88. The maximum atomic E-state index is 12.8. The molecule has 1 amide bonds. The molecule has 0 aliphatic rings. The van der Waals surface area contributed by atoms with E-state index in [0.29, 0.717) is 11.7 Å². The quantitative estimate of drug-likeness (QED) is 0.803. The van der Waals surface area contributed by atoms with Crippen molar-refractivity contribution >= 4 is 17.7 Å². The number of hydrogen-bond acceptors (Lipinski definition) is 4. The number of hydrogen-bond donors (Lipinski definition) is 2. The van der Waals surface area contributed by atoms with Crippen molar-refractivity contribution in [1.82, 2.24) is 20.5 Å². The Morgan fingerprint density at radius 2 is 2.14 bits per heavy atom. The first-order valence-electron chi connectivity index (χ1n) is 6.68. The van der Waals surface area contributed by atoms with Crippen LogP contribution in [0.3, 0.4) is 0 Å². The van der Waals surface area contributed by atoms with Gasteiger partial charge in [0.05, 0.1) is 5.25 Å². The maximum Gasteiger partial charge on any atom is 0.233 e. The second-order valence-electron chi connectivity index (χ2n) is 4.52. The van der Waals surface area contributed by atoms with E-state index in [4.69, 9.17) is 0 Å². The predicted octanol–water partition coefficient (Wildman–Crippen LogP) is 2.30. The fourth-order valence-corrected chi connectivity index (χ4v) is 2.40. The van der Waals surface area contributed by atoms with E-state index in [1.54, 1.807) is 19.1 Å². The lowest BCUT2D eigenvalue weighted by Crippen LogP contribution is -2.30. The van der Waals surface area contributed by atoms with Crippen molar-refractivity contribution in [1.29, 1.82) is 0 Å². The smallest absolute Gasteiger partial charge is 0.233 e. The molecule has 1 aromatic carbocycles. The molecule has 0 fully saturated rings. The van der Waals surface area contributed by atoms with Gasteiger partial charge in [-0.1, -0.05) is 30.8 Å². The summed E-state index contributed by atoms with van der Waals surface area (Å²) < 4.78 is 12.8. The topological polar surface area (TPSA) is 70.7 Å². The number of carbonyl (C=O) groups is 1. The van der Waals surface area contributed by atoms with Crippen LogP contribution in [0.1, 0.15) is 25.2 Å². The minimum atomic E-state index is -0.300. The summed E-state index contributed by atoms with van der Waals surface area (Å²) in [7, 11) is 0. The lowest BCUT2D eigenvalue weighted by atomic mass is 10.2.